The Kier molecular flexibility index (Phi) is 2.83. The molecular weight excluding hydrogens is 218 g/mol. The van der Waals surface area contributed by atoms with Crippen molar-refractivity contribution in [2.24, 2.45) is 0 Å². The second-order valence-electron chi connectivity index (χ2n) is 4.04. The quantitative estimate of drug-likeness (QED) is 0.837. The van der Waals surface area contributed by atoms with Crippen molar-refractivity contribution >= 4 is 22.3 Å². The summed E-state index contributed by atoms with van der Waals surface area (Å²) < 4.78 is 0. The molecule has 4 N–H and O–H groups in total. The molecule has 1 aromatic heterocycles. The number of rotatable bonds is 2. The summed E-state index contributed by atoms with van der Waals surface area (Å²) in [6, 6.07) is 8.38. The lowest BCUT2D eigenvalue weighted by molar-refractivity contribution is 0.867. The number of nitrogens with two attached hydrogens (primary N) is 2. The minimum absolute atomic E-state index is 0.514. The van der Waals surface area contributed by atoms with E-state index in [2.05, 4.69) is 43.1 Å². The lowest BCUT2D eigenvalue weighted by atomic mass is 10.0. The highest BCUT2D eigenvalue weighted by Gasteiger charge is 2.08. The van der Waals surface area contributed by atoms with Gasteiger partial charge in [0, 0.05) is 0 Å². The second kappa shape index (κ2) is 4.14. The number of thiazole rings is 1. The summed E-state index contributed by atoms with van der Waals surface area (Å²) in [5, 5.41) is 0.514. The second-order valence-corrected chi connectivity index (χ2v) is 5.07. The van der Waals surface area contributed by atoms with Crippen molar-refractivity contribution in [1.82, 2.24) is 4.98 Å². The van der Waals surface area contributed by atoms with E-state index in [1.54, 1.807) is 0 Å². The molecule has 16 heavy (non-hydrogen) atoms. The first-order valence-corrected chi connectivity index (χ1v) is 6.01. The van der Waals surface area contributed by atoms with E-state index in [4.69, 9.17) is 11.5 Å². The number of nitrogen functional groups attached to an aromatic ring is 2. The van der Waals surface area contributed by atoms with Gasteiger partial charge in [0.1, 0.15) is 5.82 Å². The number of aromatic nitrogens is 1. The van der Waals surface area contributed by atoms with Crippen LogP contribution in [0.1, 0.15) is 25.3 Å². The number of nitrogens with zero attached hydrogens (tertiary/aromatic N) is 1. The topological polar surface area (TPSA) is 64.9 Å². The summed E-state index contributed by atoms with van der Waals surface area (Å²) in [7, 11) is 0. The normalized spacial score (nSPS) is 10.9. The summed E-state index contributed by atoms with van der Waals surface area (Å²) in [4.78, 5) is 4.97. The molecule has 0 unspecified atom stereocenters. The fraction of sp³-hybridized carbons (Fsp3) is 0.250. The molecule has 0 bridgehead atoms. The SMILES string of the molecule is CC(C)c1ccc(-c2sc(N)nc2N)cc1. The van der Waals surface area contributed by atoms with Gasteiger partial charge in [0.05, 0.1) is 4.88 Å². The molecule has 0 saturated carbocycles. The zero-order valence-corrected chi connectivity index (χ0v) is 10.2. The maximum atomic E-state index is 5.79. The van der Waals surface area contributed by atoms with Crippen molar-refractivity contribution in [3.05, 3.63) is 29.8 Å². The molecule has 0 amide bonds. The van der Waals surface area contributed by atoms with Crippen LogP contribution in [0, 0.1) is 0 Å². The third kappa shape index (κ3) is 2.02. The first-order chi connectivity index (χ1) is 7.58. The van der Waals surface area contributed by atoms with Crippen LogP contribution in [0.4, 0.5) is 10.9 Å². The Balaban J connectivity index is 2.38. The standard InChI is InChI=1S/C12H15N3S/c1-7(2)8-3-5-9(6-4-8)10-11(13)15-12(14)16-10/h3-7H,13H2,1-2H3,(H2,14,15). The molecule has 0 aliphatic carbocycles. The number of anilines is 2. The smallest absolute Gasteiger partial charge is 0.182 e. The average molecular weight is 233 g/mol. The lowest BCUT2D eigenvalue weighted by Crippen LogP contribution is -1.89. The molecule has 0 aliphatic heterocycles. The maximum absolute atomic E-state index is 5.79. The van der Waals surface area contributed by atoms with Gasteiger partial charge in [-0.1, -0.05) is 49.4 Å². The molecule has 0 spiro atoms. The molecule has 1 aromatic carbocycles. The third-order valence-corrected chi connectivity index (χ3v) is 3.46. The zero-order valence-electron chi connectivity index (χ0n) is 9.40. The van der Waals surface area contributed by atoms with Crippen LogP contribution in [0.15, 0.2) is 24.3 Å². The highest BCUT2D eigenvalue weighted by Crippen LogP contribution is 2.33. The van der Waals surface area contributed by atoms with E-state index >= 15 is 0 Å². The molecule has 2 rings (SSSR count). The van der Waals surface area contributed by atoms with Gasteiger partial charge in [0.25, 0.3) is 0 Å². The summed E-state index contributed by atoms with van der Waals surface area (Å²) in [6.07, 6.45) is 0. The van der Waals surface area contributed by atoms with Gasteiger partial charge >= 0.3 is 0 Å². The molecule has 1 heterocycles. The molecule has 84 valence electrons. The fourth-order valence-corrected chi connectivity index (χ4v) is 2.33. The Hall–Kier alpha value is -1.55. The summed E-state index contributed by atoms with van der Waals surface area (Å²) in [5.41, 5.74) is 13.8. The van der Waals surface area contributed by atoms with Crippen LogP contribution < -0.4 is 11.5 Å². The van der Waals surface area contributed by atoms with E-state index < -0.39 is 0 Å². The highest BCUT2D eigenvalue weighted by molar-refractivity contribution is 7.19. The van der Waals surface area contributed by atoms with Gasteiger partial charge in [-0.3, -0.25) is 0 Å². The summed E-state index contributed by atoms with van der Waals surface area (Å²) >= 11 is 1.42. The molecule has 4 heteroatoms. The van der Waals surface area contributed by atoms with Crippen molar-refractivity contribution in [3.8, 4) is 10.4 Å². The Morgan fingerprint density at radius 1 is 1.12 bits per heavy atom. The van der Waals surface area contributed by atoms with Crippen LogP contribution in [0.2, 0.25) is 0 Å². The predicted molar refractivity (Wildman–Crippen MR) is 70.5 cm³/mol. The van der Waals surface area contributed by atoms with Crippen LogP contribution in [-0.2, 0) is 0 Å². The Morgan fingerprint density at radius 2 is 1.75 bits per heavy atom. The van der Waals surface area contributed by atoms with Crippen LogP contribution >= 0.6 is 11.3 Å². The molecule has 0 radical (unpaired) electrons. The van der Waals surface area contributed by atoms with Gasteiger partial charge in [0.15, 0.2) is 5.13 Å². The van der Waals surface area contributed by atoms with E-state index in [1.165, 1.54) is 16.9 Å². The van der Waals surface area contributed by atoms with Gasteiger partial charge in [0.2, 0.25) is 0 Å². The Morgan fingerprint density at radius 3 is 2.19 bits per heavy atom. The lowest BCUT2D eigenvalue weighted by Gasteiger charge is -2.05. The van der Waals surface area contributed by atoms with Gasteiger partial charge in [-0.2, -0.15) is 0 Å². The fourth-order valence-electron chi connectivity index (χ4n) is 1.58. The molecular formula is C12H15N3S. The summed E-state index contributed by atoms with van der Waals surface area (Å²) in [6.45, 7) is 4.35. The average Bonchev–Trinajstić information content (AvgIpc) is 2.58. The number of hydrogen-bond donors (Lipinski definition) is 2. The first kappa shape index (κ1) is 11.0. The molecule has 0 fully saturated rings. The zero-order chi connectivity index (χ0) is 11.7. The Labute approximate surface area is 99.1 Å². The molecule has 3 nitrogen and oxygen atoms in total. The number of hydrogen-bond acceptors (Lipinski definition) is 4. The monoisotopic (exact) mass is 233 g/mol. The van der Waals surface area contributed by atoms with Crippen molar-refractivity contribution in [2.45, 2.75) is 19.8 Å². The Bertz CT molecular complexity index is 485. The van der Waals surface area contributed by atoms with Crippen molar-refractivity contribution in [3.63, 3.8) is 0 Å². The van der Waals surface area contributed by atoms with Gasteiger partial charge in [-0.05, 0) is 17.0 Å². The van der Waals surface area contributed by atoms with Crippen molar-refractivity contribution in [2.75, 3.05) is 11.5 Å². The summed E-state index contributed by atoms with van der Waals surface area (Å²) in [5.74, 6) is 1.05. The minimum Gasteiger partial charge on any atom is -0.382 e. The van der Waals surface area contributed by atoms with Crippen LogP contribution in [0.25, 0.3) is 10.4 Å². The third-order valence-electron chi connectivity index (χ3n) is 2.51. The van der Waals surface area contributed by atoms with Gasteiger partial charge < -0.3 is 11.5 Å². The van der Waals surface area contributed by atoms with E-state index in [1.807, 2.05) is 0 Å². The van der Waals surface area contributed by atoms with E-state index in [-0.39, 0.29) is 0 Å². The predicted octanol–water partition coefficient (Wildman–Crippen LogP) is 3.10. The molecule has 0 aliphatic rings. The van der Waals surface area contributed by atoms with Gasteiger partial charge in [-0.25, -0.2) is 4.98 Å². The maximum Gasteiger partial charge on any atom is 0.182 e. The van der Waals surface area contributed by atoms with Crippen molar-refractivity contribution < 1.29 is 0 Å². The van der Waals surface area contributed by atoms with E-state index in [0.29, 0.717) is 16.9 Å². The van der Waals surface area contributed by atoms with E-state index in [9.17, 15) is 0 Å². The first-order valence-electron chi connectivity index (χ1n) is 5.20. The van der Waals surface area contributed by atoms with Crippen LogP contribution in [-0.4, -0.2) is 4.98 Å². The van der Waals surface area contributed by atoms with Crippen LogP contribution in [0.3, 0.4) is 0 Å². The molecule has 0 saturated heterocycles. The van der Waals surface area contributed by atoms with E-state index in [0.717, 1.165) is 10.4 Å². The highest BCUT2D eigenvalue weighted by atomic mass is 32.1. The van der Waals surface area contributed by atoms with Crippen molar-refractivity contribution in [1.29, 1.82) is 0 Å². The largest absolute Gasteiger partial charge is 0.382 e. The molecule has 0 atom stereocenters. The van der Waals surface area contributed by atoms with Gasteiger partial charge in [-0.15, -0.1) is 0 Å². The molecule has 2 aromatic rings. The minimum atomic E-state index is 0.514. The van der Waals surface area contributed by atoms with Crippen LogP contribution in [0.5, 0.6) is 0 Å². The number of benzene rings is 1.